The van der Waals surface area contributed by atoms with Crippen molar-refractivity contribution >= 4 is 11.7 Å². The van der Waals surface area contributed by atoms with Gasteiger partial charge in [-0.1, -0.05) is 19.0 Å². The molecule has 1 aliphatic rings. The summed E-state index contributed by atoms with van der Waals surface area (Å²) in [5, 5.41) is 18.5. The first-order chi connectivity index (χ1) is 11.9. The summed E-state index contributed by atoms with van der Waals surface area (Å²) in [7, 11) is 0. The monoisotopic (exact) mass is 346 g/mol. The Morgan fingerprint density at radius 2 is 2.20 bits per heavy atom. The number of rotatable bonds is 6. The Balaban J connectivity index is 1.51. The third-order valence-electron chi connectivity index (χ3n) is 4.57. The van der Waals surface area contributed by atoms with Crippen molar-refractivity contribution in [3.05, 3.63) is 23.5 Å². The van der Waals surface area contributed by atoms with Crippen LogP contribution in [0.1, 0.15) is 50.5 Å². The van der Waals surface area contributed by atoms with Gasteiger partial charge in [-0.2, -0.15) is 0 Å². The van der Waals surface area contributed by atoms with E-state index in [2.05, 4.69) is 44.4 Å². The molecule has 2 aromatic rings. The maximum Gasteiger partial charge on any atom is 0.242 e. The lowest BCUT2D eigenvalue weighted by molar-refractivity contribution is -0.117. The van der Waals surface area contributed by atoms with Crippen molar-refractivity contribution < 1.29 is 9.32 Å². The maximum absolute atomic E-state index is 12.2. The molecule has 2 N–H and O–H groups in total. The van der Waals surface area contributed by atoms with Crippen LogP contribution in [0.25, 0.3) is 0 Å². The van der Waals surface area contributed by atoms with E-state index in [0.717, 1.165) is 37.6 Å². The predicted molar refractivity (Wildman–Crippen MR) is 93.3 cm³/mol. The van der Waals surface area contributed by atoms with Gasteiger partial charge in [0.05, 0.1) is 6.04 Å². The number of fused-ring (bicyclic) bond motifs is 1. The molecule has 2 atom stereocenters. The van der Waals surface area contributed by atoms with Crippen LogP contribution in [0.4, 0.5) is 5.82 Å². The van der Waals surface area contributed by atoms with Crippen LogP contribution in [-0.2, 0) is 17.8 Å². The van der Waals surface area contributed by atoms with Crippen molar-refractivity contribution in [2.45, 2.75) is 59.0 Å². The van der Waals surface area contributed by atoms with Crippen LogP contribution in [0.3, 0.4) is 0 Å². The number of hydrogen-bond acceptors (Lipinski definition) is 6. The molecular weight excluding hydrogens is 320 g/mol. The average molecular weight is 346 g/mol. The second kappa shape index (κ2) is 7.35. The first kappa shape index (κ1) is 17.6. The number of nitrogens with one attached hydrogen (secondary N) is 2. The molecule has 0 fully saturated rings. The van der Waals surface area contributed by atoms with Crippen molar-refractivity contribution in [3.8, 4) is 0 Å². The van der Waals surface area contributed by atoms with Gasteiger partial charge >= 0.3 is 0 Å². The van der Waals surface area contributed by atoms with E-state index in [1.165, 1.54) is 0 Å². The maximum atomic E-state index is 12.2. The second-order valence-electron chi connectivity index (χ2n) is 7.09. The summed E-state index contributed by atoms with van der Waals surface area (Å²) in [4.78, 5) is 12.2. The van der Waals surface area contributed by atoms with Crippen LogP contribution in [0.5, 0.6) is 0 Å². The minimum absolute atomic E-state index is 0.114. The largest absolute Gasteiger partial charge is 0.360 e. The van der Waals surface area contributed by atoms with E-state index < -0.39 is 0 Å². The van der Waals surface area contributed by atoms with E-state index in [1.54, 1.807) is 13.0 Å². The van der Waals surface area contributed by atoms with Crippen LogP contribution in [0.15, 0.2) is 10.6 Å². The number of aryl methyl sites for hydroxylation is 2. The smallest absolute Gasteiger partial charge is 0.242 e. The molecule has 0 saturated heterocycles. The summed E-state index contributed by atoms with van der Waals surface area (Å²) >= 11 is 0. The Bertz CT molecular complexity index is 735. The second-order valence-corrected chi connectivity index (χ2v) is 7.09. The highest BCUT2D eigenvalue weighted by Crippen LogP contribution is 2.23. The fourth-order valence-electron chi connectivity index (χ4n) is 3.11. The minimum Gasteiger partial charge on any atom is -0.360 e. The van der Waals surface area contributed by atoms with Gasteiger partial charge < -0.3 is 19.7 Å². The number of nitrogens with zero attached hydrogens (tertiary/aromatic N) is 4. The summed E-state index contributed by atoms with van der Waals surface area (Å²) < 4.78 is 7.20. The fraction of sp³-hybridized carbons (Fsp3) is 0.647. The van der Waals surface area contributed by atoms with Crippen LogP contribution in [0, 0.1) is 12.8 Å². The zero-order chi connectivity index (χ0) is 18.0. The summed E-state index contributed by atoms with van der Waals surface area (Å²) in [5.41, 5.74) is 0. The van der Waals surface area contributed by atoms with Gasteiger partial charge in [-0.3, -0.25) is 4.79 Å². The van der Waals surface area contributed by atoms with E-state index in [0.29, 0.717) is 23.4 Å². The Morgan fingerprint density at radius 3 is 2.88 bits per heavy atom. The Labute approximate surface area is 147 Å². The Hall–Kier alpha value is -2.22. The standard InChI is InChI=1S/C17H26N6O2/c1-10(2)16-21-20-15-6-5-13(9-23(15)16)8-18-12(4)17(24)19-14-7-11(3)25-22-14/h7,10,12-13,18H,5-6,8-9H2,1-4H3,(H,19,22,24)/t12-,13+/m0/s1. The molecule has 0 unspecified atom stereocenters. The van der Waals surface area contributed by atoms with Crippen LogP contribution in [-0.4, -0.2) is 38.4 Å². The van der Waals surface area contributed by atoms with Crippen molar-refractivity contribution in [1.29, 1.82) is 0 Å². The summed E-state index contributed by atoms with van der Waals surface area (Å²) in [6, 6.07) is 1.40. The number of anilines is 1. The van der Waals surface area contributed by atoms with Gasteiger partial charge in [0.25, 0.3) is 0 Å². The van der Waals surface area contributed by atoms with Crippen molar-refractivity contribution in [3.63, 3.8) is 0 Å². The van der Waals surface area contributed by atoms with Crippen LogP contribution >= 0.6 is 0 Å². The molecule has 1 aliphatic heterocycles. The molecule has 1 amide bonds. The molecule has 8 nitrogen and oxygen atoms in total. The predicted octanol–water partition coefficient (Wildman–Crippen LogP) is 1.88. The molecule has 8 heteroatoms. The van der Waals surface area contributed by atoms with E-state index in [-0.39, 0.29) is 11.9 Å². The van der Waals surface area contributed by atoms with Gasteiger partial charge in [-0.25, -0.2) is 0 Å². The Kier molecular flexibility index (Phi) is 5.17. The highest BCUT2D eigenvalue weighted by Gasteiger charge is 2.25. The van der Waals surface area contributed by atoms with E-state index in [1.807, 2.05) is 6.92 Å². The lowest BCUT2D eigenvalue weighted by Crippen LogP contribution is -2.42. The fourth-order valence-corrected chi connectivity index (χ4v) is 3.11. The highest BCUT2D eigenvalue weighted by atomic mass is 16.5. The number of aromatic nitrogens is 4. The molecule has 0 radical (unpaired) electrons. The molecule has 0 bridgehead atoms. The zero-order valence-electron chi connectivity index (χ0n) is 15.2. The van der Waals surface area contributed by atoms with Crippen molar-refractivity contribution in [2.75, 3.05) is 11.9 Å². The first-order valence-electron chi connectivity index (χ1n) is 8.83. The highest BCUT2D eigenvalue weighted by molar-refractivity contribution is 5.93. The quantitative estimate of drug-likeness (QED) is 0.829. The first-order valence-corrected chi connectivity index (χ1v) is 8.83. The van der Waals surface area contributed by atoms with Crippen LogP contribution < -0.4 is 10.6 Å². The van der Waals surface area contributed by atoms with Gasteiger partial charge in [0.1, 0.15) is 17.4 Å². The van der Waals surface area contributed by atoms with Gasteiger partial charge in [0.15, 0.2) is 5.82 Å². The minimum atomic E-state index is -0.302. The third kappa shape index (κ3) is 4.07. The lowest BCUT2D eigenvalue weighted by atomic mass is 9.98. The van der Waals surface area contributed by atoms with E-state index in [9.17, 15) is 4.79 Å². The number of carbonyl (C=O) groups excluding carboxylic acids is 1. The molecule has 25 heavy (non-hydrogen) atoms. The summed E-state index contributed by atoms with van der Waals surface area (Å²) in [5.74, 6) is 3.96. The van der Waals surface area contributed by atoms with E-state index >= 15 is 0 Å². The SMILES string of the molecule is Cc1cc(NC(=O)[C@H](C)NC[C@H]2CCc3nnc(C(C)C)n3C2)no1. The number of carbonyl (C=O) groups is 1. The van der Waals surface area contributed by atoms with Gasteiger partial charge in [0, 0.05) is 31.5 Å². The van der Waals surface area contributed by atoms with Crippen molar-refractivity contribution in [1.82, 2.24) is 25.2 Å². The molecular formula is C17H26N6O2. The molecule has 3 rings (SSSR count). The van der Waals surface area contributed by atoms with Crippen molar-refractivity contribution in [2.24, 2.45) is 5.92 Å². The lowest BCUT2D eigenvalue weighted by Gasteiger charge is -2.26. The molecule has 136 valence electrons. The molecule has 0 spiro atoms. The summed E-state index contributed by atoms with van der Waals surface area (Å²) in [6.45, 7) is 9.60. The third-order valence-corrected chi connectivity index (χ3v) is 4.57. The average Bonchev–Trinajstić information content (AvgIpc) is 3.18. The number of hydrogen-bond donors (Lipinski definition) is 2. The zero-order valence-corrected chi connectivity index (χ0v) is 15.2. The van der Waals surface area contributed by atoms with Gasteiger partial charge in [-0.15, -0.1) is 10.2 Å². The normalized spacial score (nSPS) is 18.2. The summed E-state index contributed by atoms with van der Waals surface area (Å²) in [6.07, 6.45) is 1.99. The topological polar surface area (TPSA) is 97.9 Å². The molecule has 0 aliphatic carbocycles. The van der Waals surface area contributed by atoms with Crippen LogP contribution in [0.2, 0.25) is 0 Å². The molecule has 0 aromatic carbocycles. The van der Waals surface area contributed by atoms with E-state index in [4.69, 9.17) is 4.52 Å². The molecule has 0 saturated carbocycles. The Morgan fingerprint density at radius 1 is 1.40 bits per heavy atom. The molecule has 3 heterocycles. The van der Waals surface area contributed by atoms with Gasteiger partial charge in [-0.05, 0) is 26.2 Å². The molecule has 2 aromatic heterocycles. The van der Waals surface area contributed by atoms with Gasteiger partial charge in [0.2, 0.25) is 5.91 Å². The number of amides is 1.